The van der Waals surface area contributed by atoms with Gasteiger partial charge in [-0.1, -0.05) is 24.3 Å². The van der Waals surface area contributed by atoms with Crippen LogP contribution in [0.4, 0.5) is 0 Å². The second-order valence-corrected chi connectivity index (χ2v) is 6.32. The molecule has 0 bridgehead atoms. The molecule has 7 nitrogen and oxygen atoms in total. The van der Waals surface area contributed by atoms with Crippen LogP contribution < -0.4 is 4.74 Å². The molecule has 132 valence electrons. The van der Waals surface area contributed by atoms with E-state index in [-0.39, 0.29) is 11.8 Å². The van der Waals surface area contributed by atoms with Crippen LogP contribution in [-0.2, 0) is 11.2 Å². The highest BCUT2D eigenvalue weighted by atomic mass is 16.5. The molecule has 3 aromatic rings. The van der Waals surface area contributed by atoms with Gasteiger partial charge in [0.05, 0.1) is 18.7 Å². The van der Waals surface area contributed by atoms with Gasteiger partial charge >= 0.3 is 5.97 Å². The maximum atomic E-state index is 10.9. The molecule has 1 N–H and O–H groups in total. The van der Waals surface area contributed by atoms with Crippen LogP contribution in [0.15, 0.2) is 55.2 Å². The molecule has 0 aliphatic heterocycles. The number of nitrogens with zero attached hydrogens (tertiary/aromatic N) is 4. The Morgan fingerprint density at radius 3 is 2.69 bits per heavy atom. The van der Waals surface area contributed by atoms with Crippen molar-refractivity contribution < 1.29 is 14.6 Å². The molecule has 1 saturated carbocycles. The average Bonchev–Trinajstić information content (AvgIpc) is 3.29. The van der Waals surface area contributed by atoms with E-state index in [9.17, 15) is 4.79 Å². The van der Waals surface area contributed by atoms with Crippen molar-refractivity contribution in [1.29, 1.82) is 0 Å². The van der Waals surface area contributed by atoms with E-state index in [4.69, 9.17) is 9.84 Å². The summed E-state index contributed by atoms with van der Waals surface area (Å²) in [7, 11) is 0. The second-order valence-electron chi connectivity index (χ2n) is 6.32. The Morgan fingerprint density at radius 1 is 1.23 bits per heavy atom. The summed E-state index contributed by atoms with van der Waals surface area (Å²) in [5, 5.41) is 13.0. The van der Waals surface area contributed by atoms with E-state index < -0.39 is 5.97 Å². The Kier molecular flexibility index (Phi) is 4.35. The van der Waals surface area contributed by atoms with Crippen molar-refractivity contribution in [2.45, 2.75) is 18.8 Å². The third-order valence-electron chi connectivity index (χ3n) is 4.55. The van der Waals surface area contributed by atoms with Crippen LogP contribution in [0.5, 0.6) is 5.75 Å². The van der Waals surface area contributed by atoms with E-state index >= 15 is 0 Å². The first-order valence-corrected chi connectivity index (χ1v) is 8.46. The summed E-state index contributed by atoms with van der Waals surface area (Å²) in [4.78, 5) is 19.1. The molecule has 1 aliphatic rings. The molecule has 2 heterocycles. The van der Waals surface area contributed by atoms with Gasteiger partial charge in [-0.2, -0.15) is 5.10 Å². The van der Waals surface area contributed by atoms with Gasteiger partial charge in [0.25, 0.3) is 0 Å². The van der Waals surface area contributed by atoms with Crippen molar-refractivity contribution in [3.05, 3.63) is 66.4 Å². The van der Waals surface area contributed by atoms with Crippen LogP contribution in [0.25, 0.3) is 5.82 Å². The number of carboxylic acid groups (broad SMARTS) is 1. The Labute approximate surface area is 150 Å². The maximum absolute atomic E-state index is 10.9. The lowest BCUT2D eigenvalue weighted by Crippen LogP contribution is -2.03. The number of carbonyl (C=O) groups is 1. The second kappa shape index (κ2) is 6.95. The van der Waals surface area contributed by atoms with Crippen molar-refractivity contribution in [1.82, 2.24) is 19.7 Å². The molecule has 1 aromatic carbocycles. The van der Waals surface area contributed by atoms with E-state index in [1.165, 1.54) is 6.33 Å². The summed E-state index contributed by atoms with van der Waals surface area (Å²) < 4.78 is 7.32. The van der Waals surface area contributed by atoms with E-state index in [1.54, 1.807) is 17.2 Å². The van der Waals surface area contributed by atoms with Crippen molar-refractivity contribution >= 4 is 5.97 Å². The van der Waals surface area contributed by atoms with Gasteiger partial charge in [0.1, 0.15) is 18.4 Å². The normalized spacial score (nSPS) is 18.5. The molecule has 0 spiro atoms. The lowest BCUT2D eigenvalue weighted by atomic mass is 10.1. The van der Waals surface area contributed by atoms with Gasteiger partial charge in [-0.05, 0) is 35.6 Å². The summed E-state index contributed by atoms with van der Waals surface area (Å²) >= 11 is 0. The minimum Gasteiger partial charge on any atom is -0.492 e. The zero-order chi connectivity index (χ0) is 17.9. The first-order chi connectivity index (χ1) is 12.7. The summed E-state index contributed by atoms with van der Waals surface area (Å²) in [6, 6.07) is 11.8. The molecule has 7 heteroatoms. The lowest BCUT2D eigenvalue weighted by molar-refractivity contribution is -0.138. The Bertz CT molecular complexity index is 876. The van der Waals surface area contributed by atoms with Gasteiger partial charge in [0.15, 0.2) is 5.82 Å². The largest absolute Gasteiger partial charge is 0.492 e. The van der Waals surface area contributed by atoms with Crippen LogP contribution in [0, 0.1) is 5.92 Å². The predicted molar refractivity (Wildman–Crippen MR) is 93.3 cm³/mol. The number of benzene rings is 1. The van der Waals surface area contributed by atoms with E-state index in [2.05, 4.69) is 15.1 Å². The van der Waals surface area contributed by atoms with Crippen LogP contribution >= 0.6 is 0 Å². The van der Waals surface area contributed by atoms with Crippen LogP contribution in [0.3, 0.4) is 0 Å². The molecule has 2 aromatic heterocycles. The number of aromatic nitrogens is 4. The van der Waals surface area contributed by atoms with Gasteiger partial charge in [-0.3, -0.25) is 4.79 Å². The van der Waals surface area contributed by atoms with Gasteiger partial charge in [0.2, 0.25) is 0 Å². The Hall–Kier alpha value is -3.22. The molecule has 0 radical (unpaired) electrons. The molecule has 26 heavy (non-hydrogen) atoms. The summed E-state index contributed by atoms with van der Waals surface area (Å²) in [6.07, 6.45) is 6.24. The van der Waals surface area contributed by atoms with Crippen LogP contribution in [-0.4, -0.2) is 37.4 Å². The van der Waals surface area contributed by atoms with Crippen LogP contribution in [0.1, 0.15) is 23.5 Å². The minimum atomic E-state index is -0.698. The number of hydrogen-bond acceptors (Lipinski definition) is 5. The van der Waals surface area contributed by atoms with E-state index in [1.807, 2.05) is 36.4 Å². The highest BCUT2D eigenvalue weighted by Crippen LogP contribution is 2.47. The molecular weight excluding hydrogens is 332 g/mol. The SMILES string of the molecule is O=C(O)C1CC1c1ccc(CCOc2ccc(-n3cncn3)nc2)cc1. The smallest absolute Gasteiger partial charge is 0.307 e. The third kappa shape index (κ3) is 3.56. The number of pyridine rings is 1. The highest BCUT2D eigenvalue weighted by Gasteiger charge is 2.43. The first kappa shape index (κ1) is 16.3. The third-order valence-corrected chi connectivity index (χ3v) is 4.55. The van der Waals surface area contributed by atoms with Gasteiger partial charge in [0, 0.05) is 6.42 Å². The van der Waals surface area contributed by atoms with Gasteiger partial charge in [-0.15, -0.1) is 0 Å². The summed E-state index contributed by atoms with van der Waals surface area (Å²) in [5.41, 5.74) is 2.27. The monoisotopic (exact) mass is 350 g/mol. The van der Waals surface area contributed by atoms with Crippen molar-refractivity contribution in [3.63, 3.8) is 0 Å². The van der Waals surface area contributed by atoms with E-state index in [0.717, 1.165) is 24.0 Å². The van der Waals surface area contributed by atoms with Crippen LogP contribution in [0.2, 0.25) is 0 Å². The Morgan fingerprint density at radius 2 is 2.08 bits per heavy atom. The molecule has 1 aliphatic carbocycles. The van der Waals surface area contributed by atoms with E-state index in [0.29, 0.717) is 18.2 Å². The summed E-state index contributed by atoms with van der Waals surface area (Å²) in [6.45, 7) is 0.547. The number of aliphatic carboxylic acids is 1. The lowest BCUT2D eigenvalue weighted by Gasteiger charge is -2.07. The van der Waals surface area contributed by atoms with Gasteiger partial charge < -0.3 is 9.84 Å². The number of carboxylic acids is 1. The fourth-order valence-corrected chi connectivity index (χ4v) is 2.97. The number of rotatable bonds is 7. The molecular formula is C19H18N4O3. The number of ether oxygens (including phenoxy) is 1. The average molecular weight is 350 g/mol. The first-order valence-electron chi connectivity index (χ1n) is 8.46. The molecule has 1 fully saturated rings. The fraction of sp³-hybridized carbons (Fsp3) is 0.263. The van der Waals surface area contributed by atoms with Crippen molar-refractivity contribution in [3.8, 4) is 11.6 Å². The molecule has 2 atom stereocenters. The molecule has 0 amide bonds. The van der Waals surface area contributed by atoms with Gasteiger partial charge in [-0.25, -0.2) is 14.6 Å². The standard InChI is InChI=1S/C19H18N4O3/c24-19(25)17-9-16(17)14-3-1-13(2-4-14)7-8-26-15-5-6-18(21-10-15)23-12-20-11-22-23/h1-6,10-12,16-17H,7-9H2,(H,24,25). The molecule has 4 rings (SSSR count). The van der Waals surface area contributed by atoms with Crippen molar-refractivity contribution in [2.24, 2.45) is 5.92 Å². The summed E-state index contributed by atoms with van der Waals surface area (Å²) in [5.74, 6) is 0.651. The molecule has 0 saturated heterocycles. The molecule has 2 unspecified atom stereocenters. The highest BCUT2D eigenvalue weighted by molar-refractivity contribution is 5.75. The predicted octanol–water partition coefficient (Wildman–Crippen LogP) is 2.47. The maximum Gasteiger partial charge on any atom is 0.307 e. The zero-order valence-electron chi connectivity index (χ0n) is 14.0. The van der Waals surface area contributed by atoms with Crippen molar-refractivity contribution in [2.75, 3.05) is 6.61 Å². The zero-order valence-corrected chi connectivity index (χ0v) is 14.0. The fourth-order valence-electron chi connectivity index (χ4n) is 2.97. The topological polar surface area (TPSA) is 90.1 Å². The quantitative estimate of drug-likeness (QED) is 0.704. The Balaban J connectivity index is 1.27. The number of hydrogen-bond donors (Lipinski definition) is 1. The minimum absolute atomic E-state index is 0.173.